The second-order valence-electron chi connectivity index (χ2n) is 5.69. The Hall–Kier alpha value is -2.35. The van der Waals surface area contributed by atoms with Crippen LogP contribution in [-0.4, -0.2) is 40.0 Å². The van der Waals surface area contributed by atoms with Gasteiger partial charge in [-0.05, 0) is 18.2 Å². The smallest absolute Gasteiger partial charge is 0.336 e. The third kappa shape index (κ3) is 3.14. The van der Waals surface area contributed by atoms with Crippen LogP contribution in [0.1, 0.15) is 27.8 Å². The second kappa shape index (κ2) is 6.27. The molecule has 128 valence electrons. The number of piperazine rings is 1. The Morgan fingerprint density at radius 1 is 1.38 bits per heavy atom. The number of alkyl halides is 3. The summed E-state index contributed by atoms with van der Waals surface area (Å²) in [5, 5.41) is 3.20. The van der Waals surface area contributed by atoms with Crippen LogP contribution in [0.3, 0.4) is 0 Å². The molecule has 1 aliphatic rings. The number of hydrogen-bond acceptors (Lipinski definition) is 3. The Balaban J connectivity index is 1.91. The fraction of sp³-hybridized carbons (Fsp3) is 0.375. The summed E-state index contributed by atoms with van der Waals surface area (Å²) in [6.07, 6.45) is -1.06. The topological polar surface area (TPSA) is 50.2 Å². The van der Waals surface area contributed by atoms with Gasteiger partial charge in [0.2, 0.25) is 0 Å². The minimum Gasteiger partial charge on any atom is -0.336 e. The number of nitrogens with one attached hydrogen (secondary N) is 1. The third-order valence-corrected chi connectivity index (χ3v) is 4.10. The largest absolute Gasteiger partial charge is 0.416 e. The highest BCUT2D eigenvalue weighted by molar-refractivity contribution is 5.94. The zero-order chi connectivity index (χ0) is 17.3. The predicted molar refractivity (Wildman–Crippen MR) is 81.3 cm³/mol. The lowest BCUT2D eigenvalue weighted by Gasteiger charge is -2.35. The molecule has 0 bridgehead atoms. The summed E-state index contributed by atoms with van der Waals surface area (Å²) in [5.74, 6) is 0.276. The van der Waals surface area contributed by atoms with Gasteiger partial charge < -0.3 is 14.8 Å². The van der Waals surface area contributed by atoms with Gasteiger partial charge in [-0.25, -0.2) is 4.98 Å². The zero-order valence-electron chi connectivity index (χ0n) is 13.0. The minimum atomic E-state index is -4.47. The maximum atomic E-state index is 12.9. The van der Waals surface area contributed by atoms with Crippen molar-refractivity contribution in [2.75, 3.05) is 19.6 Å². The van der Waals surface area contributed by atoms with Crippen molar-refractivity contribution in [3.8, 4) is 0 Å². The van der Waals surface area contributed by atoms with Gasteiger partial charge in [0.15, 0.2) is 0 Å². The first-order valence-electron chi connectivity index (χ1n) is 7.54. The standard InChI is InChI=1S/C16H17F3N4O/c1-22-7-6-21-14(22)13-10-20-5-8-23(13)15(24)11-3-2-4-12(9-11)16(17,18)19/h2-4,6-7,9,13,20H,5,8,10H2,1H3. The average molecular weight is 338 g/mol. The highest BCUT2D eigenvalue weighted by Gasteiger charge is 2.34. The molecule has 0 radical (unpaired) electrons. The lowest BCUT2D eigenvalue weighted by Crippen LogP contribution is -2.49. The van der Waals surface area contributed by atoms with Crippen LogP contribution < -0.4 is 5.32 Å². The van der Waals surface area contributed by atoms with E-state index in [1.165, 1.54) is 12.1 Å². The molecular formula is C16H17F3N4O. The molecule has 3 rings (SSSR count). The highest BCUT2D eigenvalue weighted by Crippen LogP contribution is 2.30. The van der Waals surface area contributed by atoms with Crippen molar-refractivity contribution in [1.82, 2.24) is 19.8 Å². The summed E-state index contributed by atoms with van der Waals surface area (Å²) < 4.78 is 40.4. The number of amides is 1. The van der Waals surface area contributed by atoms with E-state index in [4.69, 9.17) is 0 Å². The minimum absolute atomic E-state index is 0.0333. The first-order valence-corrected chi connectivity index (χ1v) is 7.54. The molecule has 24 heavy (non-hydrogen) atoms. The van der Waals surface area contributed by atoms with E-state index < -0.39 is 17.6 Å². The molecule has 0 saturated carbocycles. The average Bonchev–Trinajstić information content (AvgIpc) is 2.99. The fourth-order valence-corrected chi connectivity index (χ4v) is 2.87. The van der Waals surface area contributed by atoms with Gasteiger partial charge in [0, 0.05) is 44.6 Å². The maximum absolute atomic E-state index is 12.9. The van der Waals surface area contributed by atoms with Gasteiger partial charge in [0.25, 0.3) is 5.91 Å². The Labute approximate surface area is 137 Å². The van der Waals surface area contributed by atoms with E-state index in [-0.39, 0.29) is 11.6 Å². The van der Waals surface area contributed by atoms with Crippen molar-refractivity contribution in [3.05, 3.63) is 53.6 Å². The van der Waals surface area contributed by atoms with Crippen LogP contribution in [0.15, 0.2) is 36.7 Å². The number of aromatic nitrogens is 2. The molecule has 0 aliphatic carbocycles. The molecule has 1 amide bonds. The Bertz CT molecular complexity index is 741. The number of halogens is 3. The zero-order valence-corrected chi connectivity index (χ0v) is 13.0. The molecular weight excluding hydrogens is 321 g/mol. The highest BCUT2D eigenvalue weighted by atomic mass is 19.4. The van der Waals surface area contributed by atoms with E-state index in [0.29, 0.717) is 25.5 Å². The SMILES string of the molecule is Cn1ccnc1C1CNCCN1C(=O)c1cccc(C(F)(F)F)c1. The molecule has 8 heteroatoms. The molecule has 1 fully saturated rings. The summed E-state index contributed by atoms with van der Waals surface area (Å²) in [6.45, 7) is 1.51. The van der Waals surface area contributed by atoms with Crippen molar-refractivity contribution in [1.29, 1.82) is 0 Å². The van der Waals surface area contributed by atoms with Crippen LogP contribution in [0.4, 0.5) is 13.2 Å². The van der Waals surface area contributed by atoms with E-state index in [1.807, 2.05) is 11.6 Å². The number of carbonyl (C=O) groups is 1. The predicted octanol–water partition coefficient (Wildman–Crippen LogP) is 2.23. The van der Waals surface area contributed by atoms with Crippen LogP contribution >= 0.6 is 0 Å². The monoisotopic (exact) mass is 338 g/mol. The van der Waals surface area contributed by atoms with Crippen molar-refractivity contribution < 1.29 is 18.0 Å². The molecule has 1 aromatic heterocycles. The molecule has 1 N–H and O–H groups in total. The first kappa shape index (κ1) is 16.5. The third-order valence-electron chi connectivity index (χ3n) is 4.10. The number of nitrogens with zero attached hydrogens (tertiary/aromatic N) is 3. The molecule has 2 heterocycles. The molecule has 1 aromatic carbocycles. The molecule has 1 unspecified atom stereocenters. The molecule has 1 atom stereocenters. The first-order chi connectivity index (χ1) is 11.4. The summed E-state index contributed by atoms with van der Waals surface area (Å²) in [4.78, 5) is 18.6. The van der Waals surface area contributed by atoms with Crippen molar-refractivity contribution in [3.63, 3.8) is 0 Å². The van der Waals surface area contributed by atoms with Gasteiger partial charge in [-0.3, -0.25) is 4.79 Å². The second-order valence-corrected chi connectivity index (χ2v) is 5.69. The number of benzene rings is 1. The van der Waals surface area contributed by atoms with Crippen LogP contribution in [0.2, 0.25) is 0 Å². The van der Waals surface area contributed by atoms with Gasteiger partial charge in [-0.15, -0.1) is 0 Å². The summed E-state index contributed by atoms with van der Waals surface area (Å²) >= 11 is 0. The summed E-state index contributed by atoms with van der Waals surface area (Å²) in [5.41, 5.74) is -0.789. The Morgan fingerprint density at radius 3 is 2.83 bits per heavy atom. The van der Waals surface area contributed by atoms with E-state index in [0.717, 1.165) is 12.1 Å². The molecule has 0 spiro atoms. The van der Waals surface area contributed by atoms with Crippen molar-refractivity contribution in [2.24, 2.45) is 7.05 Å². The molecule has 1 saturated heterocycles. The van der Waals surface area contributed by atoms with Crippen molar-refractivity contribution in [2.45, 2.75) is 12.2 Å². The van der Waals surface area contributed by atoms with Gasteiger partial charge >= 0.3 is 6.18 Å². The Kier molecular flexibility index (Phi) is 4.31. The fourth-order valence-electron chi connectivity index (χ4n) is 2.87. The van der Waals surface area contributed by atoms with Crippen LogP contribution in [0.5, 0.6) is 0 Å². The molecule has 1 aliphatic heterocycles. The lowest BCUT2D eigenvalue weighted by molar-refractivity contribution is -0.137. The van der Waals surface area contributed by atoms with Crippen molar-refractivity contribution >= 4 is 5.91 Å². The number of rotatable bonds is 2. The number of aryl methyl sites for hydroxylation is 1. The maximum Gasteiger partial charge on any atom is 0.416 e. The normalized spacial score (nSPS) is 18.7. The van der Waals surface area contributed by atoms with E-state index in [2.05, 4.69) is 10.3 Å². The Morgan fingerprint density at radius 2 is 2.17 bits per heavy atom. The van der Waals surface area contributed by atoms with Crippen LogP contribution in [0.25, 0.3) is 0 Å². The van der Waals surface area contributed by atoms with E-state index >= 15 is 0 Å². The van der Waals surface area contributed by atoms with Gasteiger partial charge in [-0.1, -0.05) is 6.07 Å². The quantitative estimate of drug-likeness (QED) is 0.914. The summed E-state index contributed by atoms with van der Waals surface area (Å²) in [7, 11) is 1.82. The number of imidazole rings is 1. The number of hydrogen-bond donors (Lipinski definition) is 1. The van der Waals surface area contributed by atoms with Crippen LogP contribution in [-0.2, 0) is 13.2 Å². The molecule has 2 aromatic rings. The van der Waals surface area contributed by atoms with E-state index in [9.17, 15) is 18.0 Å². The lowest BCUT2D eigenvalue weighted by atomic mass is 10.1. The summed E-state index contributed by atoms with van der Waals surface area (Å²) in [6, 6.07) is 4.22. The van der Waals surface area contributed by atoms with Gasteiger partial charge in [0.1, 0.15) is 11.9 Å². The van der Waals surface area contributed by atoms with Gasteiger partial charge in [-0.2, -0.15) is 13.2 Å². The number of carbonyl (C=O) groups excluding carboxylic acids is 1. The van der Waals surface area contributed by atoms with Crippen LogP contribution in [0, 0.1) is 0 Å². The molecule has 5 nitrogen and oxygen atoms in total. The van der Waals surface area contributed by atoms with Gasteiger partial charge in [0.05, 0.1) is 5.56 Å². The van der Waals surface area contributed by atoms with E-state index in [1.54, 1.807) is 17.3 Å².